The van der Waals surface area contributed by atoms with Gasteiger partial charge < -0.3 is 10.3 Å². The number of nitrogens with one attached hydrogen (secondary N) is 2. The van der Waals surface area contributed by atoms with Crippen molar-refractivity contribution in [1.29, 1.82) is 5.26 Å². The van der Waals surface area contributed by atoms with Gasteiger partial charge in [0.1, 0.15) is 0 Å². The first kappa shape index (κ1) is 8.18. The van der Waals surface area contributed by atoms with Crippen LogP contribution in [0.5, 0.6) is 0 Å². The maximum atomic E-state index is 8.97. The van der Waals surface area contributed by atoms with E-state index in [1.165, 1.54) is 6.42 Å². The molecule has 0 unspecified atom stereocenters. The van der Waals surface area contributed by atoms with Crippen LogP contribution in [0.25, 0.3) is 0 Å². The minimum absolute atomic E-state index is 0.0860. The third-order valence-corrected chi connectivity index (χ3v) is 2.78. The van der Waals surface area contributed by atoms with Gasteiger partial charge in [0.25, 0.3) is 0 Å². The van der Waals surface area contributed by atoms with E-state index < -0.39 is 0 Å². The van der Waals surface area contributed by atoms with E-state index in [1.807, 2.05) is 18.5 Å². The van der Waals surface area contributed by atoms with Gasteiger partial charge in [0.15, 0.2) is 0 Å². The minimum Gasteiger partial charge on any atom is -0.382 e. The fraction of sp³-hybridized carbons (Fsp3) is 0.500. The number of aromatic amines is 1. The Balaban J connectivity index is 1.89. The molecule has 0 spiro atoms. The molecular weight excluding hydrogens is 162 g/mol. The summed E-state index contributed by atoms with van der Waals surface area (Å²) in [7, 11) is 0. The first-order chi connectivity index (χ1) is 6.35. The highest BCUT2D eigenvalue weighted by Crippen LogP contribution is 2.40. The maximum absolute atomic E-state index is 8.97. The van der Waals surface area contributed by atoms with Crippen LogP contribution >= 0.6 is 0 Å². The Morgan fingerprint density at radius 2 is 2.46 bits per heavy atom. The molecule has 0 amide bonds. The lowest BCUT2D eigenvalue weighted by atomic mass is 9.70. The van der Waals surface area contributed by atoms with Crippen molar-refractivity contribution in [2.24, 2.45) is 5.41 Å². The first-order valence-electron chi connectivity index (χ1n) is 4.63. The van der Waals surface area contributed by atoms with E-state index >= 15 is 0 Å². The fourth-order valence-electron chi connectivity index (χ4n) is 1.64. The molecule has 1 saturated carbocycles. The molecule has 1 aliphatic carbocycles. The second kappa shape index (κ2) is 3.14. The zero-order valence-corrected chi connectivity index (χ0v) is 7.51. The predicted molar refractivity (Wildman–Crippen MR) is 51.2 cm³/mol. The summed E-state index contributed by atoms with van der Waals surface area (Å²) in [5.74, 6) is 0. The largest absolute Gasteiger partial charge is 0.382 e. The van der Waals surface area contributed by atoms with Crippen molar-refractivity contribution < 1.29 is 0 Å². The highest BCUT2D eigenvalue weighted by atomic mass is 14.9. The summed E-state index contributed by atoms with van der Waals surface area (Å²) in [5.41, 5.74) is 0.985. The fourth-order valence-corrected chi connectivity index (χ4v) is 1.64. The van der Waals surface area contributed by atoms with Crippen LogP contribution < -0.4 is 5.32 Å². The van der Waals surface area contributed by atoms with Gasteiger partial charge in [-0.1, -0.05) is 6.42 Å². The van der Waals surface area contributed by atoms with Gasteiger partial charge in [0, 0.05) is 18.9 Å². The quantitative estimate of drug-likeness (QED) is 0.739. The standard InChI is InChI=1S/C10H13N3/c11-7-10(3-1-4-10)8-13-9-2-5-12-6-9/h2,5-6,12-13H,1,3-4,8H2. The summed E-state index contributed by atoms with van der Waals surface area (Å²) in [6.07, 6.45) is 7.07. The average Bonchev–Trinajstić information content (AvgIpc) is 2.56. The van der Waals surface area contributed by atoms with Crippen LogP contribution in [0.3, 0.4) is 0 Å². The van der Waals surface area contributed by atoms with Crippen LogP contribution in [0.4, 0.5) is 5.69 Å². The third-order valence-electron chi connectivity index (χ3n) is 2.78. The van der Waals surface area contributed by atoms with Crippen LogP contribution in [0.2, 0.25) is 0 Å². The molecule has 1 aromatic rings. The molecule has 68 valence electrons. The molecule has 1 aliphatic rings. The average molecular weight is 175 g/mol. The molecule has 0 aromatic carbocycles. The smallest absolute Gasteiger partial charge is 0.0746 e. The monoisotopic (exact) mass is 175 g/mol. The lowest BCUT2D eigenvalue weighted by molar-refractivity contribution is 0.233. The second-order valence-electron chi connectivity index (χ2n) is 3.70. The van der Waals surface area contributed by atoms with Gasteiger partial charge in [-0.15, -0.1) is 0 Å². The molecule has 2 rings (SSSR count). The molecule has 1 aromatic heterocycles. The van der Waals surface area contributed by atoms with E-state index in [0.717, 1.165) is 25.1 Å². The SMILES string of the molecule is N#CC1(CNc2cc[nH]c2)CCC1. The van der Waals surface area contributed by atoms with Gasteiger partial charge in [0.05, 0.1) is 17.2 Å². The van der Waals surface area contributed by atoms with Crippen molar-refractivity contribution in [2.45, 2.75) is 19.3 Å². The zero-order valence-electron chi connectivity index (χ0n) is 7.51. The van der Waals surface area contributed by atoms with Crippen molar-refractivity contribution in [2.75, 3.05) is 11.9 Å². The van der Waals surface area contributed by atoms with Gasteiger partial charge >= 0.3 is 0 Å². The highest BCUT2D eigenvalue weighted by molar-refractivity contribution is 5.41. The molecule has 2 N–H and O–H groups in total. The number of nitrogens with zero attached hydrogens (tertiary/aromatic N) is 1. The Morgan fingerprint density at radius 1 is 1.62 bits per heavy atom. The molecule has 0 aliphatic heterocycles. The molecule has 0 atom stereocenters. The number of hydrogen-bond acceptors (Lipinski definition) is 2. The highest BCUT2D eigenvalue weighted by Gasteiger charge is 2.36. The molecule has 13 heavy (non-hydrogen) atoms. The van der Waals surface area contributed by atoms with Crippen LogP contribution in [0, 0.1) is 16.7 Å². The Kier molecular flexibility index (Phi) is 1.97. The molecular formula is C10H13N3. The zero-order chi connectivity index (χ0) is 9.15. The molecule has 0 saturated heterocycles. The van der Waals surface area contributed by atoms with Gasteiger partial charge in [0.2, 0.25) is 0 Å². The van der Waals surface area contributed by atoms with E-state index in [1.54, 1.807) is 0 Å². The Hall–Kier alpha value is -1.43. The summed E-state index contributed by atoms with van der Waals surface area (Å²) in [4.78, 5) is 2.97. The van der Waals surface area contributed by atoms with Gasteiger partial charge in [-0.25, -0.2) is 0 Å². The first-order valence-corrected chi connectivity index (χ1v) is 4.63. The molecule has 1 heterocycles. The van der Waals surface area contributed by atoms with Crippen molar-refractivity contribution in [3.05, 3.63) is 18.5 Å². The third kappa shape index (κ3) is 1.52. The lowest BCUT2D eigenvalue weighted by Gasteiger charge is -2.35. The van der Waals surface area contributed by atoms with Crippen molar-refractivity contribution in [1.82, 2.24) is 4.98 Å². The van der Waals surface area contributed by atoms with Gasteiger partial charge in [-0.2, -0.15) is 5.26 Å². The molecule has 0 radical (unpaired) electrons. The van der Waals surface area contributed by atoms with Crippen LogP contribution in [-0.2, 0) is 0 Å². The summed E-state index contributed by atoms with van der Waals surface area (Å²) in [6, 6.07) is 4.38. The van der Waals surface area contributed by atoms with Gasteiger partial charge in [-0.05, 0) is 18.9 Å². The van der Waals surface area contributed by atoms with E-state index in [9.17, 15) is 0 Å². The van der Waals surface area contributed by atoms with Crippen LogP contribution in [0.1, 0.15) is 19.3 Å². The number of nitriles is 1. The van der Waals surface area contributed by atoms with E-state index in [0.29, 0.717) is 0 Å². The van der Waals surface area contributed by atoms with E-state index in [2.05, 4.69) is 16.4 Å². The predicted octanol–water partition coefficient (Wildman–Crippen LogP) is 2.12. The van der Waals surface area contributed by atoms with Gasteiger partial charge in [-0.3, -0.25) is 0 Å². The summed E-state index contributed by atoms with van der Waals surface area (Å²) in [6.45, 7) is 0.779. The summed E-state index contributed by atoms with van der Waals surface area (Å²) in [5, 5.41) is 12.2. The molecule has 0 bridgehead atoms. The van der Waals surface area contributed by atoms with E-state index in [4.69, 9.17) is 5.26 Å². The van der Waals surface area contributed by atoms with Crippen molar-refractivity contribution in [3.8, 4) is 6.07 Å². The topological polar surface area (TPSA) is 51.6 Å². The van der Waals surface area contributed by atoms with Crippen molar-refractivity contribution >= 4 is 5.69 Å². The number of rotatable bonds is 3. The Labute approximate surface area is 77.8 Å². The molecule has 3 heteroatoms. The lowest BCUT2D eigenvalue weighted by Crippen LogP contribution is -2.34. The van der Waals surface area contributed by atoms with Crippen LogP contribution in [-0.4, -0.2) is 11.5 Å². The Morgan fingerprint density at radius 3 is 2.92 bits per heavy atom. The number of hydrogen-bond donors (Lipinski definition) is 2. The maximum Gasteiger partial charge on any atom is 0.0746 e. The molecule has 3 nitrogen and oxygen atoms in total. The van der Waals surface area contributed by atoms with Crippen LogP contribution in [0.15, 0.2) is 18.5 Å². The minimum atomic E-state index is -0.0860. The summed E-state index contributed by atoms with van der Waals surface area (Å²) < 4.78 is 0. The summed E-state index contributed by atoms with van der Waals surface area (Å²) >= 11 is 0. The Bertz CT molecular complexity index is 303. The number of aromatic nitrogens is 1. The van der Waals surface area contributed by atoms with E-state index in [-0.39, 0.29) is 5.41 Å². The molecule has 1 fully saturated rings. The normalized spacial score (nSPS) is 18.7. The number of H-pyrrole nitrogens is 1. The second-order valence-corrected chi connectivity index (χ2v) is 3.70. The number of anilines is 1. The van der Waals surface area contributed by atoms with Crippen molar-refractivity contribution in [3.63, 3.8) is 0 Å².